The van der Waals surface area contributed by atoms with E-state index in [-0.39, 0.29) is 5.82 Å². The number of anilines is 1. The van der Waals surface area contributed by atoms with Crippen molar-refractivity contribution in [2.75, 3.05) is 23.4 Å². The zero-order chi connectivity index (χ0) is 20.1. The third-order valence-corrected chi connectivity index (χ3v) is 6.22. The zero-order valence-corrected chi connectivity index (χ0v) is 17.8. The van der Waals surface area contributed by atoms with Gasteiger partial charge in [0.15, 0.2) is 22.8 Å². The first-order valence-corrected chi connectivity index (χ1v) is 11.5. The Morgan fingerprint density at radius 3 is 2.61 bits per heavy atom. The molecule has 2 aromatic rings. The number of nitrogens with two attached hydrogens (primary N) is 1. The van der Waals surface area contributed by atoms with Gasteiger partial charge in [0, 0.05) is 11.1 Å². The Kier molecular flexibility index (Phi) is 7.89. The van der Waals surface area contributed by atoms with Crippen LogP contribution in [-0.2, 0) is 4.74 Å². The van der Waals surface area contributed by atoms with Gasteiger partial charge < -0.3 is 25.8 Å². The second-order valence-electron chi connectivity index (χ2n) is 6.75. The van der Waals surface area contributed by atoms with Crippen LogP contribution in [0.25, 0.3) is 11.2 Å². The van der Waals surface area contributed by atoms with Gasteiger partial charge >= 0.3 is 0 Å². The Labute approximate surface area is 175 Å². The molecule has 11 heteroatoms. The molecule has 1 saturated heterocycles. The first-order valence-electron chi connectivity index (χ1n) is 9.38. The zero-order valence-electron chi connectivity index (χ0n) is 15.4. The minimum Gasteiger partial charge on any atom is -0.394 e. The average Bonchev–Trinajstić information content (AvgIpc) is 3.23. The van der Waals surface area contributed by atoms with Crippen molar-refractivity contribution in [2.45, 2.75) is 61.8 Å². The fourth-order valence-corrected chi connectivity index (χ4v) is 4.41. The minimum atomic E-state index is -1.21. The molecule has 0 saturated carbocycles. The first-order chi connectivity index (χ1) is 13.6. The minimum absolute atomic E-state index is 0.260. The number of alkyl halides is 1. The summed E-state index contributed by atoms with van der Waals surface area (Å²) in [5.74, 6) is 1.15. The molecule has 0 spiro atoms. The maximum Gasteiger partial charge on any atom is 0.191 e. The van der Waals surface area contributed by atoms with Gasteiger partial charge in [0.25, 0.3) is 0 Å². The number of aromatic nitrogens is 4. The van der Waals surface area contributed by atoms with E-state index in [9.17, 15) is 15.3 Å². The predicted molar refractivity (Wildman–Crippen MR) is 110 cm³/mol. The molecule has 0 aliphatic carbocycles. The summed E-state index contributed by atoms with van der Waals surface area (Å²) in [4.78, 5) is 13.1. The molecule has 3 rings (SSSR count). The number of hydrogen-bond donors (Lipinski definition) is 4. The van der Waals surface area contributed by atoms with Crippen LogP contribution in [0.2, 0.25) is 0 Å². The van der Waals surface area contributed by atoms with E-state index in [0.29, 0.717) is 16.3 Å². The molecule has 0 radical (unpaired) electrons. The van der Waals surface area contributed by atoms with Gasteiger partial charge in [-0.2, -0.15) is 0 Å². The van der Waals surface area contributed by atoms with E-state index in [1.54, 1.807) is 0 Å². The number of hydrogen-bond acceptors (Lipinski definition) is 9. The maximum absolute atomic E-state index is 10.3. The molecular weight excluding hydrogens is 450 g/mol. The first kappa shape index (κ1) is 21.7. The molecule has 0 unspecified atom stereocenters. The fourth-order valence-electron chi connectivity index (χ4n) is 3.17. The van der Waals surface area contributed by atoms with E-state index in [0.717, 1.165) is 23.9 Å². The Morgan fingerprint density at radius 1 is 1.14 bits per heavy atom. The number of ether oxygens (including phenoxy) is 1. The van der Waals surface area contributed by atoms with Gasteiger partial charge in [0.2, 0.25) is 0 Å². The van der Waals surface area contributed by atoms with Crippen molar-refractivity contribution in [3.63, 3.8) is 0 Å². The predicted octanol–water partition coefficient (Wildman–Crippen LogP) is 1.46. The van der Waals surface area contributed by atoms with Gasteiger partial charge in [-0.05, 0) is 12.8 Å². The smallest absolute Gasteiger partial charge is 0.191 e. The fraction of sp³-hybridized carbons (Fsp3) is 0.706. The van der Waals surface area contributed by atoms with E-state index in [4.69, 9.17) is 10.5 Å². The molecule has 3 heterocycles. The summed E-state index contributed by atoms with van der Waals surface area (Å²) in [5.41, 5.74) is 6.88. The van der Waals surface area contributed by atoms with Gasteiger partial charge in [-0.15, -0.1) is 0 Å². The van der Waals surface area contributed by atoms with Gasteiger partial charge in [-0.3, -0.25) is 4.57 Å². The number of nitrogens with zero attached hydrogens (tertiary/aromatic N) is 4. The molecule has 1 aliphatic heterocycles. The Morgan fingerprint density at radius 2 is 1.89 bits per heavy atom. The summed E-state index contributed by atoms with van der Waals surface area (Å²) < 4.78 is 7.10. The quantitative estimate of drug-likeness (QED) is 0.174. The highest BCUT2D eigenvalue weighted by Crippen LogP contribution is 2.32. The van der Waals surface area contributed by atoms with E-state index >= 15 is 0 Å². The lowest BCUT2D eigenvalue weighted by Crippen LogP contribution is -2.33. The summed E-state index contributed by atoms with van der Waals surface area (Å²) in [5, 5.41) is 31.2. The van der Waals surface area contributed by atoms with E-state index in [2.05, 4.69) is 30.9 Å². The topological polar surface area (TPSA) is 140 Å². The normalized spacial score (nSPS) is 25.0. The number of aliphatic hydroxyl groups is 3. The summed E-state index contributed by atoms with van der Waals surface area (Å²) in [6, 6.07) is 0. The average molecular weight is 476 g/mol. The molecule has 0 aromatic carbocycles. The second-order valence-corrected chi connectivity index (χ2v) is 8.60. The third kappa shape index (κ3) is 4.77. The van der Waals surface area contributed by atoms with Crippen molar-refractivity contribution in [2.24, 2.45) is 0 Å². The number of aliphatic hydroxyl groups excluding tert-OH is 3. The molecule has 0 bridgehead atoms. The van der Waals surface area contributed by atoms with Crippen LogP contribution < -0.4 is 5.73 Å². The molecule has 4 atom stereocenters. The van der Waals surface area contributed by atoms with Crippen molar-refractivity contribution in [3.8, 4) is 0 Å². The number of fused-ring (bicyclic) bond motifs is 1. The number of thioether (sulfide) groups is 1. The molecule has 5 N–H and O–H groups in total. The molecule has 28 heavy (non-hydrogen) atoms. The molecule has 1 fully saturated rings. The SMILES string of the molecule is Nc1nc(SCCCCCCCBr)nc2c1ncn2[C@@H]1O[C@H](CO)[C@@H](O)[C@H]1O. The van der Waals surface area contributed by atoms with Crippen LogP contribution in [0.4, 0.5) is 5.82 Å². The molecule has 1 aliphatic rings. The Balaban J connectivity index is 1.69. The van der Waals surface area contributed by atoms with Crippen LogP contribution in [-0.4, -0.2) is 70.8 Å². The van der Waals surface area contributed by atoms with E-state index < -0.39 is 31.1 Å². The highest BCUT2D eigenvalue weighted by Gasteiger charge is 2.44. The van der Waals surface area contributed by atoms with E-state index in [1.165, 1.54) is 41.9 Å². The van der Waals surface area contributed by atoms with Crippen molar-refractivity contribution < 1.29 is 20.1 Å². The van der Waals surface area contributed by atoms with Gasteiger partial charge in [0.1, 0.15) is 23.8 Å². The molecule has 2 aromatic heterocycles. The highest BCUT2D eigenvalue weighted by molar-refractivity contribution is 9.09. The lowest BCUT2D eigenvalue weighted by molar-refractivity contribution is -0.0511. The van der Waals surface area contributed by atoms with Crippen molar-refractivity contribution in [3.05, 3.63) is 6.33 Å². The van der Waals surface area contributed by atoms with Crippen LogP contribution >= 0.6 is 27.7 Å². The summed E-state index contributed by atoms with van der Waals surface area (Å²) in [6.45, 7) is -0.394. The lowest BCUT2D eigenvalue weighted by atomic mass is 10.1. The van der Waals surface area contributed by atoms with Gasteiger partial charge in [-0.1, -0.05) is 47.0 Å². The maximum atomic E-state index is 10.3. The molecule has 156 valence electrons. The van der Waals surface area contributed by atoms with E-state index in [1.807, 2.05) is 0 Å². The Hall–Kier alpha value is -0.980. The summed E-state index contributed by atoms with van der Waals surface area (Å²) in [7, 11) is 0. The van der Waals surface area contributed by atoms with Crippen LogP contribution in [0.1, 0.15) is 38.3 Å². The van der Waals surface area contributed by atoms with Crippen LogP contribution in [0.3, 0.4) is 0 Å². The van der Waals surface area contributed by atoms with Crippen LogP contribution in [0, 0.1) is 0 Å². The number of nitrogen functional groups attached to an aromatic ring is 1. The van der Waals surface area contributed by atoms with Gasteiger partial charge in [-0.25, -0.2) is 15.0 Å². The number of imidazole rings is 1. The van der Waals surface area contributed by atoms with Crippen LogP contribution in [0.5, 0.6) is 0 Å². The molecule has 9 nitrogen and oxygen atoms in total. The van der Waals surface area contributed by atoms with Crippen LogP contribution in [0.15, 0.2) is 11.5 Å². The van der Waals surface area contributed by atoms with Crippen molar-refractivity contribution in [1.82, 2.24) is 19.5 Å². The number of halogens is 1. The lowest BCUT2D eigenvalue weighted by Gasteiger charge is -2.16. The standard InChI is InChI=1S/C17H26BrN5O4S/c18-6-4-2-1-3-5-7-28-17-21-14(19)11-15(22-17)23(9-20-11)16-13(26)12(25)10(8-24)27-16/h9-10,12-13,16,24-26H,1-8H2,(H2,19,21,22)/t10-,12-,13-,16-/m1/s1. The largest absolute Gasteiger partial charge is 0.394 e. The molecule has 0 amide bonds. The third-order valence-electron chi connectivity index (χ3n) is 4.73. The molecular formula is C17H26BrN5O4S. The Bertz CT molecular complexity index is 779. The monoisotopic (exact) mass is 475 g/mol. The number of rotatable bonds is 10. The van der Waals surface area contributed by atoms with Gasteiger partial charge in [0.05, 0.1) is 12.9 Å². The number of unbranched alkanes of at least 4 members (excludes halogenated alkanes) is 4. The van der Waals surface area contributed by atoms with Crippen molar-refractivity contribution in [1.29, 1.82) is 0 Å². The second kappa shape index (κ2) is 10.2. The summed E-state index contributed by atoms with van der Waals surface area (Å²) in [6.07, 6.45) is 3.17. The highest BCUT2D eigenvalue weighted by atomic mass is 79.9. The summed E-state index contributed by atoms with van der Waals surface area (Å²) >= 11 is 4.97. The van der Waals surface area contributed by atoms with Crippen molar-refractivity contribution >= 4 is 44.7 Å².